The molecular formula is C27H28N8O12S2. The maximum absolute atomic E-state index is 13.5. The number of rotatable bonds is 9. The van der Waals surface area contributed by atoms with E-state index in [4.69, 9.17) is 19.3 Å². The van der Waals surface area contributed by atoms with Gasteiger partial charge in [-0.05, 0) is 31.4 Å². The van der Waals surface area contributed by atoms with Crippen LogP contribution in [0.2, 0.25) is 0 Å². The Morgan fingerprint density at radius 1 is 1.24 bits per heavy atom. The number of allylic oxidation sites excluding steroid dienone is 1. The molecule has 0 saturated carbocycles. The summed E-state index contributed by atoms with van der Waals surface area (Å²) in [6, 6.07) is -2.26. The molecule has 6 heterocycles. The van der Waals surface area contributed by atoms with E-state index in [-0.39, 0.29) is 84.6 Å². The lowest BCUT2D eigenvalue weighted by Gasteiger charge is -2.49. The Balaban J connectivity index is 1.12. The summed E-state index contributed by atoms with van der Waals surface area (Å²) < 4.78 is 18.7. The Kier molecular flexibility index (Phi) is 9.18. The number of ether oxygens (including phenoxy) is 1. The summed E-state index contributed by atoms with van der Waals surface area (Å²) in [4.78, 5) is 83.6. The number of aliphatic carboxylic acids is 1. The molecule has 0 aromatic carbocycles. The van der Waals surface area contributed by atoms with Crippen LogP contribution in [0, 0.1) is 6.92 Å². The Morgan fingerprint density at radius 3 is 2.65 bits per heavy atom. The fraction of sp³-hybridized carbons (Fsp3) is 0.444. The van der Waals surface area contributed by atoms with Crippen molar-refractivity contribution in [1.82, 2.24) is 29.4 Å². The lowest BCUT2D eigenvalue weighted by molar-refractivity contribution is -0.150. The molecule has 3 saturated heterocycles. The van der Waals surface area contributed by atoms with Crippen molar-refractivity contribution in [3.05, 3.63) is 50.9 Å². The number of aryl methyl sites for hydroxylation is 1. The Morgan fingerprint density at radius 2 is 2.02 bits per heavy atom. The molecule has 49 heavy (non-hydrogen) atoms. The van der Waals surface area contributed by atoms with Crippen LogP contribution in [-0.4, -0.2) is 124 Å². The van der Waals surface area contributed by atoms with Crippen LogP contribution in [0.1, 0.15) is 30.2 Å². The largest absolute Gasteiger partial charge is 0.519 e. The Labute approximate surface area is 283 Å². The number of fused-ring (bicyclic) bond motifs is 1. The monoisotopic (exact) mass is 720 g/mol. The SMILES string of the molecule is Cc1oc(=O)oc1COC(=O)N1CC(N2CC/C(=C\C3=C(C(=O)O)N4C(=O)[C@@H](NC(=O)/C(=N/O)c5nsc(N)n5)C4SC3)C2=O)CC1CO. The number of aliphatic hydroxyl groups excluding tert-OH is 1. The molecule has 0 bridgehead atoms. The number of carbonyl (C=O) groups excluding carboxylic acids is 4. The van der Waals surface area contributed by atoms with Crippen molar-refractivity contribution >= 4 is 63.9 Å². The van der Waals surface area contributed by atoms with Crippen LogP contribution >= 0.6 is 23.3 Å². The molecule has 4 aliphatic rings. The van der Waals surface area contributed by atoms with E-state index in [9.17, 15) is 44.2 Å². The van der Waals surface area contributed by atoms with Crippen molar-refractivity contribution in [2.75, 3.05) is 31.2 Å². The van der Waals surface area contributed by atoms with E-state index in [0.29, 0.717) is 5.57 Å². The van der Waals surface area contributed by atoms with Crippen LogP contribution in [-0.2, 0) is 30.5 Å². The van der Waals surface area contributed by atoms with Crippen LogP contribution in [0.25, 0.3) is 0 Å². The molecule has 3 unspecified atom stereocenters. The van der Waals surface area contributed by atoms with Gasteiger partial charge in [-0.3, -0.25) is 19.3 Å². The topological polar surface area (TPSA) is 285 Å². The van der Waals surface area contributed by atoms with Crippen LogP contribution in [0.3, 0.4) is 0 Å². The Bertz CT molecular complexity index is 1880. The molecular weight excluding hydrogens is 692 g/mol. The van der Waals surface area contributed by atoms with E-state index < -0.39 is 58.9 Å². The number of thioether (sulfide) groups is 1. The van der Waals surface area contributed by atoms with Crippen LogP contribution in [0.4, 0.5) is 9.93 Å². The Hall–Kier alpha value is -5.22. The highest BCUT2D eigenvalue weighted by molar-refractivity contribution is 8.00. The third kappa shape index (κ3) is 6.24. The smallest absolute Gasteiger partial charge is 0.477 e. The average Bonchev–Trinajstić information content (AvgIpc) is 3.85. The van der Waals surface area contributed by atoms with Gasteiger partial charge in [0.2, 0.25) is 17.4 Å². The van der Waals surface area contributed by atoms with Crippen LogP contribution < -0.4 is 16.9 Å². The number of aromatic nitrogens is 2. The van der Waals surface area contributed by atoms with E-state index in [1.165, 1.54) is 29.7 Å². The van der Waals surface area contributed by atoms with E-state index in [0.717, 1.165) is 16.4 Å². The molecule has 6 N–H and O–H groups in total. The van der Waals surface area contributed by atoms with Gasteiger partial charge in [0.05, 0.1) is 18.7 Å². The summed E-state index contributed by atoms with van der Waals surface area (Å²) in [5.41, 5.74) is 5.15. The van der Waals surface area contributed by atoms with Crippen molar-refractivity contribution in [2.45, 2.75) is 49.9 Å². The summed E-state index contributed by atoms with van der Waals surface area (Å²) in [6.45, 7) is 1.05. The lowest BCUT2D eigenvalue weighted by atomic mass is 10.0. The third-order valence-electron chi connectivity index (χ3n) is 8.40. The summed E-state index contributed by atoms with van der Waals surface area (Å²) >= 11 is 1.94. The predicted octanol–water partition coefficient (Wildman–Crippen LogP) is -1.18. The molecule has 4 atom stereocenters. The minimum atomic E-state index is -1.40. The number of hydrogen-bond acceptors (Lipinski definition) is 17. The van der Waals surface area contributed by atoms with E-state index in [1.54, 1.807) is 4.90 Å². The van der Waals surface area contributed by atoms with E-state index in [1.807, 2.05) is 0 Å². The molecule has 2 aromatic heterocycles. The number of nitrogens with zero attached hydrogens (tertiary/aromatic N) is 6. The summed E-state index contributed by atoms with van der Waals surface area (Å²) in [5.74, 6) is -4.36. The second kappa shape index (κ2) is 13.4. The second-order valence-corrected chi connectivity index (χ2v) is 13.1. The molecule has 0 aliphatic carbocycles. The van der Waals surface area contributed by atoms with Gasteiger partial charge in [0.15, 0.2) is 23.3 Å². The van der Waals surface area contributed by atoms with Crippen molar-refractivity contribution < 1.29 is 53.0 Å². The molecule has 0 spiro atoms. The first kappa shape index (κ1) is 33.7. The number of nitrogens with two attached hydrogens (primary N) is 1. The predicted molar refractivity (Wildman–Crippen MR) is 165 cm³/mol. The van der Waals surface area contributed by atoms with Crippen molar-refractivity contribution in [2.24, 2.45) is 5.16 Å². The van der Waals surface area contributed by atoms with Gasteiger partial charge in [-0.15, -0.1) is 11.8 Å². The molecule has 2 aromatic rings. The number of hydrogen-bond donors (Lipinski definition) is 5. The number of carboxylic acid groups (broad SMARTS) is 1. The number of oxime groups is 1. The zero-order valence-corrected chi connectivity index (χ0v) is 27.1. The average molecular weight is 721 g/mol. The number of anilines is 1. The first-order valence-electron chi connectivity index (χ1n) is 14.6. The van der Waals surface area contributed by atoms with Gasteiger partial charge < -0.3 is 49.8 Å². The minimum Gasteiger partial charge on any atom is -0.477 e. The normalized spacial score (nSPS) is 24.8. The zero-order valence-electron chi connectivity index (χ0n) is 25.4. The molecule has 6 rings (SSSR count). The van der Waals surface area contributed by atoms with Gasteiger partial charge in [0.1, 0.15) is 17.1 Å². The highest BCUT2D eigenvalue weighted by atomic mass is 32.2. The first-order valence-corrected chi connectivity index (χ1v) is 16.4. The van der Waals surface area contributed by atoms with Gasteiger partial charge in [-0.25, -0.2) is 14.4 Å². The summed E-state index contributed by atoms with van der Waals surface area (Å²) in [7, 11) is 0. The molecule has 0 radical (unpaired) electrons. The highest BCUT2D eigenvalue weighted by Gasteiger charge is 2.54. The number of nitrogens with one attached hydrogen (secondary N) is 1. The van der Waals surface area contributed by atoms with E-state index >= 15 is 0 Å². The number of aliphatic hydroxyl groups is 1. The third-order valence-corrected chi connectivity index (χ3v) is 10.2. The minimum absolute atomic E-state index is 0.0226. The molecule has 3 fully saturated rings. The quantitative estimate of drug-likeness (QED) is 0.0670. The van der Waals surface area contributed by atoms with Crippen molar-refractivity contribution in [3.8, 4) is 0 Å². The van der Waals surface area contributed by atoms with Gasteiger partial charge in [-0.1, -0.05) is 5.16 Å². The second-order valence-electron chi connectivity index (χ2n) is 11.2. The molecule has 20 nitrogen and oxygen atoms in total. The summed E-state index contributed by atoms with van der Waals surface area (Å²) in [5, 5.41) is 33.9. The highest BCUT2D eigenvalue weighted by Crippen LogP contribution is 2.41. The van der Waals surface area contributed by atoms with Crippen LogP contribution in [0.5, 0.6) is 0 Å². The summed E-state index contributed by atoms with van der Waals surface area (Å²) in [6.07, 6.45) is 1.19. The fourth-order valence-corrected chi connectivity index (χ4v) is 7.78. The fourth-order valence-electron chi connectivity index (χ4n) is 6.04. The van der Waals surface area contributed by atoms with Crippen LogP contribution in [0.15, 0.2) is 41.7 Å². The van der Waals surface area contributed by atoms with Gasteiger partial charge in [0, 0.05) is 35.9 Å². The molecule has 4 aliphatic heterocycles. The lowest BCUT2D eigenvalue weighted by Crippen LogP contribution is -2.71. The zero-order chi connectivity index (χ0) is 35.1. The van der Waals surface area contributed by atoms with Gasteiger partial charge >= 0.3 is 17.9 Å². The maximum Gasteiger partial charge on any atom is 0.519 e. The number of β-lactam (4-membered cyclic amide) rings is 1. The van der Waals surface area contributed by atoms with Gasteiger partial charge in [-0.2, -0.15) is 9.36 Å². The maximum atomic E-state index is 13.5. The number of nitrogen functional groups attached to an aromatic ring is 1. The first-order chi connectivity index (χ1) is 23.4. The van der Waals surface area contributed by atoms with Crippen molar-refractivity contribution in [3.63, 3.8) is 0 Å². The van der Waals surface area contributed by atoms with Gasteiger partial charge in [0.25, 0.3) is 11.8 Å². The number of likely N-dealkylation sites (tertiary alicyclic amines) is 2. The van der Waals surface area contributed by atoms with Crippen molar-refractivity contribution in [1.29, 1.82) is 0 Å². The number of carboxylic acids is 1. The number of amides is 4. The number of carbonyl (C=O) groups is 5. The molecule has 22 heteroatoms. The van der Waals surface area contributed by atoms with E-state index in [2.05, 4.69) is 19.8 Å². The standard InChI is InChI=1S/C27H28N8O12S2/c1-10-15(47-27(43)46-10)8-45-26(42)34-6-13(5-14(34)7-36)33-3-2-11(21(33)38)4-12-9-48-23-17(22(39)35(23)18(12)24(40)41)29-20(37)16(31-44)19-30-25(28)49-32-19/h4,13-14,17,23,36,44H,2-3,5-9H2,1H3,(H,29,37)(H,40,41)(H2,28,30,32)/b11-4+,31-16+/t13?,14?,17-,23?/m1/s1. The molecule has 260 valence electrons. The molecule has 4 amide bonds.